The molecule has 0 spiro atoms. The van der Waals surface area contributed by atoms with Crippen molar-refractivity contribution in [1.82, 2.24) is 19.6 Å². The maximum atomic E-state index is 12.5. The molecular weight excluding hydrogens is 308 g/mol. The Kier molecular flexibility index (Phi) is 5.51. The van der Waals surface area contributed by atoms with Crippen LogP contribution in [0, 0.1) is 13.8 Å². The molecular formula is C17H28N4O3. The predicted molar refractivity (Wildman–Crippen MR) is 90.7 cm³/mol. The van der Waals surface area contributed by atoms with Crippen LogP contribution in [0.3, 0.4) is 0 Å². The van der Waals surface area contributed by atoms with E-state index in [1.165, 1.54) is 0 Å². The fourth-order valence-electron chi connectivity index (χ4n) is 2.74. The van der Waals surface area contributed by atoms with Crippen LogP contribution in [0.1, 0.15) is 38.6 Å². The molecule has 0 aromatic carbocycles. The molecule has 1 aliphatic rings. The van der Waals surface area contributed by atoms with E-state index in [9.17, 15) is 9.59 Å². The van der Waals surface area contributed by atoms with Gasteiger partial charge in [-0.3, -0.25) is 9.48 Å². The summed E-state index contributed by atoms with van der Waals surface area (Å²) < 4.78 is 7.14. The van der Waals surface area contributed by atoms with E-state index in [4.69, 9.17) is 4.74 Å². The first-order chi connectivity index (χ1) is 11.2. The van der Waals surface area contributed by atoms with Gasteiger partial charge >= 0.3 is 6.09 Å². The normalized spacial score (nSPS) is 16.0. The molecule has 2 rings (SSSR count). The maximum Gasteiger partial charge on any atom is 0.410 e. The highest BCUT2D eigenvalue weighted by molar-refractivity contribution is 5.76. The summed E-state index contributed by atoms with van der Waals surface area (Å²) in [4.78, 5) is 28.2. The summed E-state index contributed by atoms with van der Waals surface area (Å²) in [5, 5.41) is 4.34. The summed E-state index contributed by atoms with van der Waals surface area (Å²) in [5.41, 5.74) is 1.38. The van der Waals surface area contributed by atoms with Gasteiger partial charge in [0.1, 0.15) is 12.1 Å². The van der Waals surface area contributed by atoms with Crippen LogP contribution < -0.4 is 0 Å². The number of aryl methyl sites for hydroxylation is 2. The van der Waals surface area contributed by atoms with Gasteiger partial charge in [0.05, 0.1) is 5.69 Å². The minimum atomic E-state index is -0.506. The van der Waals surface area contributed by atoms with Gasteiger partial charge in [-0.2, -0.15) is 5.10 Å². The Bertz CT molecular complexity index is 603. The Labute approximate surface area is 143 Å². The fourth-order valence-corrected chi connectivity index (χ4v) is 2.74. The SMILES string of the molecule is Cc1cc(C)n(CC(=O)N2CCCN(C(=O)OC(C)(C)C)CC2)n1. The Morgan fingerprint density at radius 1 is 1.12 bits per heavy atom. The van der Waals surface area contributed by atoms with Crippen molar-refractivity contribution in [3.63, 3.8) is 0 Å². The van der Waals surface area contributed by atoms with Gasteiger partial charge in [-0.1, -0.05) is 0 Å². The number of hydrogen-bond donors (Lipinski definition) is 0. The molecule has 2 heterocycles. The molecule has 1 aromatic rings. The van der Waals surface area contributed by atoms with Gasteiger partial charge in [0, 0.05) is 31.9 Å². The lowest BCUT2D eigenvalue weighted by molar-refractivity contribution is -0.132. The molecule has 134 valence electrons. The molecule has 1 aromatic heterocycles. The van der Waals surface area contributed by atoms with Crippen molar-refractivity contribution >= 4 is 12.0 Å². The van der Waals surface area contributed by atoms with E-state index in [2.05, 4.69) is 5.10 Å². The van der Waals surface area contributed by atoms with Crippen LogP contribution in [0.4, 0.5) is 4.79 Å². The zero-order valence-electron chi connectivity index (χ0n) is 15.3. The Balaban J connectivity index is 1.91. The molecule has 0 unspecified atom stereocenters. The quantitative estimate of drug-likeness (QED) is 0.828. The number of carbonyl (C=O) groups excluding carboxylic acids is 2. The Hall–Kier alpha value is -2.05. The first-order valence-electron chi connectivity index (χ1n) is 8.42. The van der Waals surface area contributed by atoms with Gasteiger partial charge in [0.15, 0.2) is 0 Å². The molecule has 0 saturated carbocycles. The highest BCUT2D eigenvalue weighted by Crippen LogP contribution is 2.12. The van der Waals surface area contributed by atoms with Crippen molar-refractivity contribution in [2.45, 2.75) is 53.2 Å². The lowest BCUT2D eigenvalue weighted by Gasteiger charge is -2.26. The minimum Gasteiger partial charge on any atom is -0.444 e. The second-order valence-electron chi connectivity index (χ2n) is 7.29. The second-order valence-corrected chi connectivity index (χ2v) is 7.29. The van der Waals surface area contributed by atoms with Crippen molar-refractivity contribution in [3.05, 3.63) is 17.5 Å². The van der Waals surface area contributed by atoms with E-state index in [0.717, 1.165) is 17.8 Å². The summed E-state index contributed by atoms with van der Waals surface area (Å²) in [6, 6.07) is 1.96. The average Bonchev–Trinajstić information content (AvgIpc) is 2.66. The smallest absolute Gasteiger partial charge is 0.410 e. The molecule has 0 N–H and O–H groups in total. The van der Waals surface area contributed by atoms with Gasteiger partial charge in [-0.05, 0) is 47.1 Å². The second kappa shape index (κ2) is 7.23. The van der Waals surface area contributed by atoms with Crippen molar-refractivity contribution in [2.75, 3.05) is 26.2 Å². The van der Waals surface area contributed by atoms with E-state index in [-0.39, 0.29) is 18.5 Å². The first kappa shape index (κ1) is 18.3. The lowest BCUT2D eigenvalue weighted by atomic mass is 10.2. The summed E-state index contributed by atoms with van der Waals surface area (Å²) in [5.74, 6) is 0.0345. The van der Waals surface area contributed by atoms with Crippen LogP contribution in [0.25, 0.3) is 0 Å². The Morgan fingerprint density at radius 3 is 2.33 bits per heavy atom. The number of ether oxygens (including phenoxy) is 1. The minimum absolute atomic E-state index is 0.0345. The first-order valence-corrected chi connectivity index (χ1v) is 8.42. The zero-order valence-corrected chi connectivity index (χ0v) is 15.3. The number of rotatable bonds is 2. The molecule has 0 atom stereocenters. The molecule has 1 aliphatic heterocycles. The summed E-state index contributed by atoms with van der Waals surface area (Å²) in [7, 11) is 0. The predicted octanol–water partition coefficient (Wildman–Crippen LogP) is 1.97. The standard InChI is InChI=1S/C17H28N4O3/c1-13-11-14(2)21(18-13)12-15(22)19-7-6-8-20(10-9-19)16(23)24-17(3,4)5/h11H,6-10,12H2,1-5H3. The summed E-state index contributed by atoms with van der Waals surface area (Å²) in [6.45, 7) is 11.9. The van der Waals surface area contributed by atoms with Crippen LogP contribution in [0.5, 0.6) is 0 Å². The van der Waals surface area contributed by atoms with E-state index >= 15 is 0 Å². The fraction of sp³-hybridized carbons (Fsp3) is 0.706. The third-order valence-corrected chi connectivity index (χ3v) is 3.89. The number of amides is 2. The van der Waals surface area contributed by atoms with Crippen molar-refractivity contribution in [2.24, 2.45) is 0 Å². The van der Waals surface area contributed by atoms with Gasteiger partial charge < -0.3 is 14.5 Å². The van der Waals surface area contributed by atoms with Gasteiger partial charge in [-0.25, -0.2) is 4.79 Å². The molecule has 7 nitrogen and oxygen atoms in total. The zero-order chi connectivity index (χ0) is 17.9. The third kappa shape index (κ3) is 4.97. The van der Waals surface area contributed by atoms with Crippen LogP contribution >= 0.6 is 0 Å². The number of carbonyl (C=O) groups is 2. The van der Waals surface area contributed by atoms with Crippen LogP contribution in [-0.4, -0.2) is 63.4 Å². The van der Waals surface area contributed by atoms with E-state index < -0.39 is 5.60 Å². The molecule has 0 radical (unpaired) electrons. The van der Waals surface area contributed by atoms with Gasteiger partial charge in [-0.15, -0.1) is 0 Å². The van der Waals surface area contributed by atoms with Gasteiger partial charge in [0.2, 0.25) is 5.91 Å². The highest BCUT2D eigenvalue weighted by Gasteiger charge is 2.26. The van der Waals surface area contributed by atoms with Crippen molar-refractivity contribution < 1.29 is 14.3 Å². The topological polar surface area (TPSA) is 67.7 Å². The molecule has 2 amide bonds. The third-order valence-electron chi connectivity index (χ3n) is 3.89. The van der Waals surface area contributed by atoms with Crippen molar-refractivity contribution in [3.8, 4) is 0 Å². The molecule has 1 fully saturated rings. The van der Waals surface area contributed by atoms with Crippen LogP contribution in [0.2, 0.25) is 0 Å². The molecule has 7 heteroatoms. The summed E-state index contributed by atoms with van der Waals surface area (Å²) in [6.07, 6.45) is 0.442. The molecule has 0 aliphatic carbocycles. The van der Waals surface area contributed by atoms with E-state index in [1.54, 1.807) is 14.5 Å². The Morgan fingerprint density at radius 2 is 1.75 bits per heavy atom. The molecule has 0 bridgehead atoms. The largest absolute Gasteiger partial charge is 0.444 e. The number of hydrogen-bond acceptors (Lipinski definition) is 4. The number of nitrogens with zero attached hydrogens (tertiary/aromatic N) is 4. The molecule has 24 heavy (non-hydrogen) atoms. The monoisotopic (exact) mass is 336 g/mol. The van der Waals surface area contributed by atoms with Crippen molar-refractivity contribution in [1.29, 1.82) is 0 Å². The van der Waals surface area contributed by atoms with E-state index in [0.29, 0.717) is 26.2 Å². The van der Waals surface area contributed by atoms with Crippen LogP contribution in [0.15, 0.2) is 6.07 Å². The lowest BCUT2D eigenvalue weighted by Crippen LogP contribution is -2.40. The average molecular weight is 336 g/mol. The summed E-state index contributed by atoms with van der Waals surface area (Å²) >= 11 is 0. The molecule has 1 saturated heterocycles. The number of aromatic nitrogens is 2. The maximum absolute atomic E-state index is 12.5. The van der Waals surface area contributed by atoms with Gasteiger partial charge in [0.25, 0.3) is 0 Å². The highest BCUT2D eigenvalue weighted by atomic mass is 16.6. The van der Waals surface area contributed by atoms with Crippen LogP contribution in [-0.2, 0) is 16.1 Å². The van der Waals surface area contributed by atoms with E-state index in [1.807, 2.05) is 40.7 Å².